The number of benzene rings is 1. The van der Waals surface area contributed by atoms with Crippen molar-refractivity contribution in [2.45, 2.75) is 51.6 Å². The van der Waals surface area contributed by atoms with Gasteiger partial charge in [0.1, 0.15) is 11.5 Å². The van der Waals surface area contributed by atoms with Crippen LogP contribution in [0, 0.1) is 5.92 Å². The molecule has 1 N–H and O–H groups in total. The quantitative estimate of drug-likeness (QED) is 0.854. The third-order valence-electron chi connectivity index (χ3n) is 4.55. The molecule has 0 amide bonds. The molecule has 1 aliphatic carbocycles. The van der Waals surface area contributed by atoms with Gasteiger partial charge in [-0.05, 0) is 31.7 Å². The summed E-state index contributed by atoms with van der Waals surface area (Å²) in [5.41, 5.74) is 1.20. The van der Waals surface area contributed by atoms with Gasteiger partial charge < -0.3 is 14.8 Å². The van der Waals surface area contributed by atoms with Gasteiger partial charge in [0.05, 0.1) is 14.2 Å². The summed E-state index contributed by atoms with van der Waals surface area (Å²) in [5, 5.41) is 3.79. The van der Waals surface area contributed by atoms with E-state index in [9.17, 15) is 0 Å². The zero-order valence-electron chi connectivity index (χ0n) is 13.1. The SMILES string of the molecule is CCC1CCCC1NC(C)c1ccc(OC)cc1OC. The van der Waals surface area contributed by atoms with Crippen molar-refractivity contribution in [3.63, 3.8) is 0 Å². The van der Waals surface area contributed by atoms with Crippen LogP contribution in [0.15, 0.2) is 18.2 Å². The van der Waals surface area contributed by atoms with E-state index in [4.69, 9.17) is 9.47 Å². The van der Waals surface area contributed by atoms with Crippen LogP contribution < -0.4 is 14.8 Å². The lowest BCUT2D eigenvalue weighted by atomic mass is 9.98. The maximum Gasteiger partial charge on any atom is 0.127 e. The van der Waals surface area contributed by atoms with E-state index in [0.717, 1.165) is 17.4 Å². The van der Waals surface area contributed by atoms with Gasteiger partial charge in [0.2, 0.25) is 0 Å². The second-order valence-corrected chi connectivity index (χ2v) is 5.70. The van der Waals surface area contributed by atoms with Gasteiger partial charge in [0.15, 0.2) is 0 Å². The zero-order chi connectivity index (χ0) is 14.5. The molecule has 2 rings (SSSR count). The molecule has 0 radical (unpaired) electrons. The molecule has 0 saturated heterocycles. The van der Waals surface area contributed by atoms with Crippen molar-refractivity contribution < 1.29 is 9.47 Å². The van der Waals surface area contributed by atoms with Gasteiger partial charge in [0, 0.05) is 23.7 Å². The van der Waals surface area contributed by atoms with Gasteiger partial charge in [-0.25, -0.2) is 0 Å². The average molecular weight is 277 g/mol. The van der Waals surface area contributed by atoms with Crippen LogP contribution in [0.2, 0.25) is 0 Å². The molecule has 0 aliphatic heterocycles. The molecule has 1 fully saturated rings. The lowest BCUT2D eigenvalue weighted by Gasteiger charge is -2.25. The van der Waals surface area contributed by atoms with Crippen molar-refractivity contribution in [1.82, 2.24) is 5.32 Å². The Morgan fingerprint density at radius 3 is 2.70 bits per heavy atom. The minimum absolute atomic E-state index is 0.299. The Balaban J connectivity index is 2.10. The van der Waals surface area contributed by atoms with E-state index >= 15 is 0 Å². The highest BCUT2D eigenvalue weighted by Gasteiger charge is 2.27. The number of hydrogen-bond acceptors (Lipinski definition) is 3. The standard InChI is InChI=1S/C17H27NO2/c1-5-13-7-6-8-16(13)18-12(2)15-10-9-14(19-3)11-17(15)20-4/h9-13,16,18H,5-8H2,1-4H3. The Morgan fingerprint density at radius 2 is 2.05 bits per heavy atom. The Bertz CT molecular complexity index is 433. The molecule has 3 unspecified atom stereocenters. The summed E-state index contributed by atoms with van der Waals surface area (Å²) in [6.45, 7) is 4.51. The Hall–Kier alpha value is -1.22. The lowest BCUT2D eigenvalue weighted by Crippen LogP contribution is -2.34. The Labute approximate surface area is 122 Å². The summed E-state index contributed by atoms with van der Waals surface area (Å²) in [7, 11) is 3.40. The maximum atomic E-state index is 5.51. The third-order valence-corrected chi connectivity index (χ3v) is 4.55. The van der Waals surface area contributed by atoms with E-state index in [2.05, 4.69) is 25.2 Å². The molecule has 3 heteroatoms. The Kier molecular flexibility index (Phi) is 5.30. The first-order valence-corrected chi connectivity index (χ1v) is 7.67. The number of nitrogens with one attached hydrogen (secondary N) is 1. The van der Waals surface area contributed by atoms with Gasteiger partial charge >= 0.3 is 0 Å². The Morgan fingerprint density at radius 1 is 1.25 bits per heavy atom. The van der Waals surface area contributed by atoms with E-state index in [-0.39, 0.29) is 0 Å². The summed E-state index contributed by atoms with van der Waals surface area (Å²) in [5.74, 6) is 2.56. The molecule has 1 aromatic carbocycles. The highest BCUT2D eigenvalue weighted by Crippen LogP contribution is 2.33. The molecular weight excluding hydrogens is 250 g/mol. The van der Waals surface area contributed by atoms with E-state index in [1.165, 1.54) is 31.2 Å². The summed E-state index contributed by atoms with van der Waals surface area (Å²) in [6, 6.07) is 7.00. The van der Waals surface area contributed by atoms with Crippen molar-refractivity contribution in [3.05, 3.63) is 23.8 Å². The van der Waals surface area contributed by atoms with Crippen LogP contribution in [0.25, 0.3) is 0 Å². The minimum atomic E-state index is 0.299. The van der Waals surface area contributed by atoms with Crippen LogP contribution in [-0.4, -0.2) is 20.3 Å². The molecule has 0 heterocycles. The highest BCUT2D eigenvalue weighted by molar-refractivity contribution is 5.42. The average Bonchev–Trinajstić information content (AvgIpc) is 2.93. The van der Waals surface area contributed by atoms with Gasteiger partial charge in [-0.15, -0.1) is 0 Å². The van der Waals surface area contributed by atoms with E-state index in [0.29, 0.717) is 12.1 Å². The number of rotatable bonds is 6. The van der Waals surface area contributed by atoms with Crippen LogP contribution >= 0.6 is 0 Å². The minimum Gasteiger partial charge on any atom is -0.497 e. The molecular formula is C17H27NO2. The summed E-state index contributed by atoms with van der Waals surface area (Å²) in [6.07, 6.45) is 5.27. The van der Waals surface area contributed by atoms with Gasteiger partial charge in [-0.3, -0.25) is 0 Å². The van der Waals surface area contributed by atoms with Crippen LogP contribution in [0.4, 0.5) is 0 Å². The lowest BCUT2D eigenvalue weighted by molar-refractivity contribution is 0.348. The maximum absolute atomic E-state index is 5.51. The second-order valence-electron chi connectivity index (χ2n) is 5.70. The normalized spacial score (nSPS) is 23.6. The summed E-state index contributed by atoms with van der Waals surface area (Å²) >= 11 is 0. The van der Waals surface area contributed by atoms with Crippen LogP contribution in [0.5, 0.6) is 11.5 Å². The van der Waals surface area contributed by atoms with Crippen LogP contribution in [-0.2, 0) is 0 Å². The predicted octanol–water partition coefficient (Wildman–Crippen LogP) is 3.93. The van der Waals surface area contributed by atoms with Crippen molar-refractivity contribution in [2.24, 2.45) is 5.92 Å². The zero-order valence-corrected chi connectivity index (χ0v) is 13.1. The van der Waals surface area contributed by atoms with E-state index in [1.54, 1.807) is 14.2 Å². The van der Waals surface area contributed by atoms with Crippen molar-refractivity contribution in [2.75, 3.05) is 14.2 Å². The molecule has 112 valence electrons. The van der Waals surface area contributed by atoms with Gasteiger partial charge in [-0.2, -0.15) is 0 Å². The fourth-order valence-electron chi connectivity index (χ4n) is 3.33. The number of hydrogen-bond donors (Lipinski definition) is 1. The molecule has 1 saturated carbocycles. The largest absolute Gasteiger partial charge is 0.497 e. The number of ether oxygens (including phenoxy) is 2. The molecule has 3 nitrogen and oxygen atoms in total. The smallest absolute Gasteiger partial charge is 0.127 e. The summed E-state index contributed by atoms with van der Waals surface area (Å²) in [4.78, 5) is 0. The number of methoxy groups -OCH3 is 2. The molecule has 0 aromatic heterocycles. The molecule has 1 aliphatic rings. The molecule has 0 spiro atoms. The van der Waals surface area contributed by atoms with Crippen molar-refractivity contribution in [3.8, 4) is 11.5 Å². The first kappa shape index (κ1) is 15.2. The van der Waals surface area contributed by atoms with E-state index in [1.807, 2.05) is 12.1 Å². The molecule has 1 aromatic rings. The molecule has 0 bridgehead atoms. The fourth-order valence-corrected chi connectivity index (χ4v) is 3.33. The van der Waals surface area contributed by atoms with Crippen molar-refractivity contribution >= 4 is 0 Å². The summed E-state index contributed by atoms with van der Waals surface area (Å²) < 4.78 is 10.8. The highest BCUT2D eigenvalue weighted by atomic mass is 16.5. The first-order valence-electron chi connectivity index (χ1n) is 7.67. The van der Waals surface area contributed by atoms with Crippen molar-refractivity contribution in [1.29, 1.82) is 0 Å². The van der Waals surface area contributed by atoms with E-state index < -0.39 is 0 Å². The second kappa shape index (κ2) is 6.98. The van der Waals surface area contributed by atoms with Crippen LogP contribution in [0.3, 0.4) is 0 Å². The molecule has 3 atom stereocenters. The predicted molar refractivity (Wildman–Crippen MR) is 82.5 cm³/mol. The van der Waals surface area contributed by atoms with Crippen LogP contribution in [0.1, 0.15) is 51.1 Å². The third kappa shape index (κ3) is 3.26. The first-order chi connectivity index (χ1) is 9.69. The van der Waals surface area contributed by atoms with Gasteiger partial charge in [-0.1, -0.05) is 25.8 Å². The molecule has 20 heavy (non-hydrogen) atoms. The fraction of sp³-hybridized carbons (Fsp3) is 0.647. The van der Waals surface area contributed by atoms with Gasteiger partial charge in [0.25, 0.3) is 0 Å². The topological polar surface area (TPSA) is 30.5 Å². The monoisotopic (exact) mass is 277 g/mol.